The van der Waals surface area contributed by atoms with E-state index in [9.17, 15) is 14.4 Å². The van der Waals surface area contributed by atoms with Crippen molar-refractivity contribution in [3.8, 4) is 5.75 Å². The highest BCUT2D eigenvalue weighted by Crippen LogP contribution is 2.34. The van der Waals surface area contributed by atoms with Gasteiger partial charge in [0, 0.05) is 0 Å². The summed E-state index contributed by atoms with van der Waals surface area (Å²) in [5, 5.41) is 2.37. The molecule has 1 aliphatic rings. The molecule has 30 heavy (non-hydrogen) atoms. The third-order valence-electron chi connectivity index (χ3n) is 4.44. The van der Waals surface area contributed by atoms with Gasteiger partial charge in [-0.3, -0.25) is 14.9 Å². The predicted octanol–water partition coefficient (Wildman–Crippen LogP) is 5.60. The molecule has 0 aliphatic carbocycles. The average Bonchev–Trinajstić information content (AvgIpc) is 2.70. The van der Waals surface area contributed by atoms with Crippen molar-refractivity contribution in [2.75, 3.05) is 4.90 Å². The molecule has 1 N–H and O–H groups in total. The Hall–Kier alpha value is -2.35. The van der Waals surface area contributed by atoms with Gasteiger partial charge >= 0.3 is 6.03 Å². The summed E-state index contributed by atoms with van der Waals surface area (Å²) in [6.45, 7) is 3.98. The number of anilines is 1. The quantitative estimate of drug-likeness (QED) is 0.418. The first kappa shape index (κ1) is 22.3. The topological polar surface area (TPSA) is 75.7 Å². The zero-order valence-corrected chi connectivity index (χ0v) is 19.1. The Morgan fingerprint density at radius 3 is 2.60 bits per heavy atom. The molecular weight excluding hydrogens is 495 g/mol. The Morgan fingerprint density at radius 1 is 1.20 bits per heavy atom. The summed E-state index contributed by atoms with van der Waals surface area (Å²) in [7, 11) is 0. The smallest absolute Gasteiger partial charge is 0.336 e. The van der Waals surface area contributed by atoms with Crippen molar-refractivity contribution in [3.63, 3.8) is 0 Å². The van der Waals surface area contributed by atoms with E-state index in [1.54, 1.807) is 24.3 Å². The minimum absolute atomic E-state index is 0.0330. The molecule has 0 unspecified atom stereocenters. The van der Waals surface area contributed by atoms with E-state index < -0.39 is 17.8 Å². The van der Waals surface area contributed by atoms with Crippen LogP contribution in [0.1, 0.15) is 25.8 Å². The molecule has 4 amide bonds. The lowest BCUT2D eigenvalue weighted by Crippen LogP contribution is -2.54. The number of carbonyl (C=O) groups is 3. The van der Waals surface area contributed by atoms with Gasteiger partial charge in [-0.05, 0) is 65.2 Å². The number of urea groups is 1. The molecular formula is C21H17BrCl2N2O4. The zero-order chi connectivity index (χ0) is 22.0. The second-order valence-electron chi connectivity index (χ2n) is 6.56. The summed E-state index contributed by atoms with van der Waals surface area (Å²) in [6, 6.07) is 8.83. The highest BCUT2D eigenvalue weighted by Gasteiger charge is 2.38. The van der Waals surface area contributed by atoms with Crippen molar-refractivity contribution < 1.29 is 19.1 Å². The second kappa shape index (κ2) is 9.20. The van der Waals surface area contributed by atoms with E-state index in [-0.39, 0.29) is 27.4 Å². The molecule has 156 valence electrons. The van der Waals surface area contributed by atoms with Gasteiger partial charge in [-0.2, -0.15) is 0 Å². The number of hydrogen-bond acceptors (Lipinski definition) is 4. The zero-order valence-electron chi connectivity index (χ0n) is 16.0. The Balaban J connectivity index is 1.97. The van der Waals surface area contributed by atoms with Crippen molar-refractivity contribution in [2.45, 2.75) is 26.4 Å². The van der Waals surface area contributed by atoms with Gasteiger partial charge in [0.05, 0.1) is 26.3 Å². The van der Waals surface area contributed by atoms with Gasteiger partial charge in [-0.1, -0.05) is 42.3 Å². The minimum Gasteiger partial charge on any atom is -0.490 e. The van der Waals surface area contributed by atoms with Gasteiger partial charge in [0.25, 0.3) is 11.8 Å². The van der Waals surface area contributed by atoms with Gasteiger partial charge in [0.15, 0.2) is 0 Å². The maximum absolute atomic E-state index is 13.0. The fourth-order valence-electron chi connectivity index (χ4n) is 2.71. The highest BCUT2D eigenvalue weighted by atomic mass is 79.9. The molecule has 0 spiro atoms. The molecule has 0 aromatic heterocycles. The molecule has 6 nitrogen and oxygen atoms in total. The van der Waals surface area contributed by atoms with E-state index in [2.05, 4.69) is 21.2 Å². The molecule has 2 aromatic carbocycles. The van der Waals surface area contributed by atoms with Crippen molar-refractivity contribution in [1.29, 1.82) is 0 Å². The summed E-state index contributed by atoms with van der Waals surface area (Å²) >= 11 is 15.6. The first-order valence-corrected chi connectivity index (χ1v) is 10.6. The molecule has 1 heterocycles. The first-order valence-electron chi connectivity index (χ1n) is 9.04. The molecule has 0 saturated carbocycles. The Kier molecular flexibility index (Phi) is 6.85. The van der Waals surface area contributed by atoms with Crippen LogP contribution in [0.3, 0.4) is 0 Å². The molecule has 2 aromatic rings. The van der Waals surface area contributed by atoms with Crippen LogP contribution in [-0.2, 0) is 9.59 Å². The average molecular weight is 512 g/mol. The Morgan fingerprint density at radius 2 is 1.93 bits per heavy atom. The maximum atomic E-state index is 13.0. The lowest BCUT2D eigenvalue weighted by atomic mass is 10.1. The summed E-state index contributed by atoms with van der Waals surface area (Å²) in [4.78, 5) is 38.4. The predicted molar refractivity (Wildman–Crippen MR) is 120 cm³/mol. The molecule has 9 heteroatoms. The van der Waals surface area contributed by atoms with Crippen molar-refractivity contribution >= 4 is 68.7 Å². The number of imide groups is 2. The number of nitrogens with one attached hydrogen (secondary N) is 1. The molecule has 1 atom stereocenters. The number of amides is 4. The number of carbonyl (C=O) groups excluding carboxylic acids is 3. The lowest BCUT2D eigenvalue weighted by molar-refractivity contribution is -0.122. The van der Waals surface area contributed by atoms with Crippen LogP contribution in [0.5, 0.6) is 5.75 Å². The van der Waals surface area contributed by atoms with Crippen molar-refractivity contribution in [3.05, 3.63) is 62.1 Å². The van der Waals surface area contributed by atoms with E-state index in [0.717, 1.165) is 11.3 Å². The number of halogens is 3. The normalized spacial score (nSPS) is 16.6. The number of barbiturate groups is 1. The first-order chi connectivity index (χ1) is 14.2. The van der Waals surface area contributed by atoms with Crippen LogP contribution in [-0.4, -0.2) is 23.9 Å². The van der Waals surface area contributed by atoms with Gasteiger partial charge in [-0.25, -0.2) is 9.69 Å². The van der Waals surface area contributed by atoms with Crippen LogP contribution in [0.25, 0.3) is 6.08 Å². The standard InChI is InChI=1S/C21H17BrCl2N2O4/c1-3-11(2)30-17-8-7-12(10-14(17)22)9-13-19(27)25-21(29)26(20(13)28)16-6-4-5-15(23)18(16)24/h4-11H,3H2,1-2H3,(H,25,27,29)/b13-9+/t11-/m0/s1. The number of hydrogen-bond donors (Lipinski definition) is 1. The third kappa shape index (κ3) is 4.53. The lowest BCUT2D eigenvalue weighted by Gasteiger charge is -2.27. The SMILES string of the molecule is CC[C@H](C)Oc1ccc(/C=C2\C(=O)NC(=O)N(c3cccc(Cl)c3Cl)C2=O)cc1Br. The van der Waals surface area contributed by atoms with Crippen molar-refractivity contribution in [1.82, 2.24) is 5.32 Å². The van der Waals surface area contributed by atoms with E-state index in [1.165, 1.54) is 18.2 Å². The molecule has 3 rings (SSSR count). The highest BCUT2D eigenvalue weighted by molar-refractivity contribution is 9.10. The largest absolute Gasteiger partial charge is 0.490 e. The van der Waals surface area contributed by atoms with Gasteiger partial charge < -0.3 is 4.74 Å². The fraction of sp³-hybridized carbons (Fsp3) is 0.190. The number of nitrogens with zero attached hydrogens (tertiary/aromatic N) is 1. The van der Waals surface area contributed by atoms with Crippen LogP contribution < -0.4 is 15.0 Å². The number of ether oxygens (including phenoxy) is 1. The molecule has 1 saturated heterocycles. The van der Waals surface area contributed by atoms with Crippen LogP contribution in [0, 0.1) is 0 Å². The number of benzene rings is 2. The van der Waals surface area contributed by atoms with E-state index >= 15 is 0 Å². The molecule has 0 radical (unpaired) electrons. The molecule has 1 fully saturated rings. The number of rotatable bonds is 5. The monoisotopic (exact) mass is 510 g/mol. The van der Waals surface area contributed by atoms with Crippen LogP contribution >= 0.6 is 39.1 Å². The summed E-state index contributed by atoms with van der Waals surface area (Å²) < 4.78 is 6.47. The van der Waals surface area contributed by atoms with Crippen LogP contribution in [0.2, 0.25) is 10.0 Å². The fourth-order valence-corrected chi connectivity index (χ4v) is 3.58. The Bertz CT molecular complexity index is 1070. The van der Waals surface area contributed by atoms with E-state index in [4.69, 9.17) is 27.9 Å². The van der Waals surface area contributed by atoms with Crippen LogP contribution in [0.15, 0.2) is 46.4 Å². The van der Waals surface area contributed by atoms with Gasteiger partial charge in [0.1, 0.15) is 11.3 Å². The van der Waals surface area contributed by atoms with Crippen LogP contribution in [0.4, 0.5) is 10.5 Å². The summed E-state index contributed by atoms with van der Waals surface area (Å²) in [5.41, 5.74) is 0.444. The van der Waals surface area contributed by atoms with E-state index in [1.807, 2.05) is 13.8 Å². The summed E-state index contributed by atoms with van der Waals surface area (Å²) in [5.74, 6) is -0.951. The van der Waals surface area contributed by atoms with E-state index in [0.29, 0.717) is 15.8 Å². The van der Waals surface area contributed by atoms with Gasteiger partial charge in [0.2, 0.25) is 0 Å². The maximum Gasteiger partial charge on any atom is 0.336 e. The minimum atomic E-state index is -0.898. The summed E-state index contributed by atoms with van der Waals surface area (Å²) in [6.07, 6.45) is 2.29. The Labute approximate surface area is 191 Å². The molecule has 0 bridgehead atoms. The molecule has 1 aliphatic heterocycles. The third-order valence-corrected chi connectivity index (χ3v) is 5.87. The van der Waals surface area contributed by atoms with Crippen molar-refractivity contribution in [2.24, 2.45) is 0 Å². The second-order valence-corrected chi connectivity index (χ2v) is 8.20. The van der Waals surface area contributed by atoms with Gasteiger partial charge in [-0.15, -0.1) is 0 Å².